The van der Waals surface area contributed by atoms with Crippen molar-refractivity contribution in [3.05, 3.63) is 48.2 Å². The number of carbonyl (C=O) groups is 1. The van der Waals surface area contributed by atoms with E-state index in [1.165, 1.54) is 16.9 Å². The van der Waals surface area contributed by atoms with Gasteiger partial charge in [-0.15, -0.1) is 0 Å². The topological polar surface area (TPSA) is 84.6 Å². The number of urea groups is 1. The fourth-order valence-corrected chi connectivity index (χ4v) is 4.80. The van der Waals surface area contributed by atoms with Crippen LogP contribution in [0.15, 0.2) is 42.6 Å². The maximum atomic E-state index is 11.4. The fraction of sp³-hybridized carbons (Fsp3) is 0.316. The number of fused-ring (bicyclic) bond motifs is 3. The summed E-state index contributed by atoms with van der Waals surface area (Å²) < 4.78 is 6.89. The van der Waals surface area contributed by atoms with Gasteiger partial charge in [-0.2, -0.15) is 4.98 Å². The molecular weight excluding hydrogens is 362 g/mol. The molecule has 138 valence electrons. The Labute approximate surface area is 160 Å². The molecule has 2 N–H and O–H groups in total. The van der Waals surface area contributed by atoms with E-state index in [0.29, 0.717) is 16.9 Å². The third-order valence-electron chi connectivity index (χ3n) is 5.30. The monoisotopic (exact) mass is 381 g/mol. The van der Waals surface area contributed by atoms with Crippen LogP contribution in [0, 0.1) is 0 Å². The molecule has 5 rings (SSSR count). The van der Waals surface area contributed by atoms with Crippen LogP contribution < -0.4 is 10.5 Å². The highest BCUT2D eigenvalue weighted by Gasteiger charge is 2.44. The second-order valence-electron chi connectivity index (χ2n) is 7.01. The van der Waals surface area contributed by atoms with E-state index in [9.17, 15) is 4.79 Å². The standard InChI is InChI=1S/C19H19N5O2S/c20-18(25)24-11-13-8-14(24)10-23(13)9-12-3-5-15(6-4-12)26-19-22-17-16(27-19)2-1-7-21-17/h1-7,13-14H,8-11H2,(H2,20,25)/t13-,14?/m1/s1. The molecule has 3 aromatic rings. The first kappa shape index (κ1) is 16.5. The molecule has 8 heteroatoms. The van der Waals surface area contributed by atoms with E-state index in [4.69, 9.17) is 10.5 Å². The zero-order valence-corrected chi connectivity index (χ0v) is 15.4. The van der Waals surface area contributed by atoms with Gasteiger partial charge in [-0.3, -0.25) is 4.90 Å². The van der Waals surface area contributed by atoms with Gasteiger partial charge in [0.25, 0.3) is 5.19 Å². The Hall–Kier alpha value is -2.71. The first-order chi connectivity index (χ1) is 13.2. The van der Waals surface area contributed by atoms with Crippen molar-refractivity contribution in [2.75, 3.05) is 13.1 Å². The van der Waals surface area contributed by atoms with Crippen LogP contribution in [0.25, 0.3) is 10.3 Å². The Bertz CT molecular complexity index is 956. The minimum absolute atomic E-state index is 0.266. The third kappa shape index (κ3) is 3.11. The van der Waals surface area contributed by atoms with Crippen LogP contribution >= 0.6 is 11.3 Å². The van der Waals surface area contributed by atoms with E-state index in [1.807, 2.05) is 24.3 Å². The molecule has 0 aliphatic carbocycles. The van der Waals surface area contributed by atoms with Gasteiger partial charge >= 0.3 is 6.03 Å². The quantitative estimate of drug-likeness (QED) is 0.751. The fourth-order valence-electron chi connectivity index (χ4n) is 4.00. The minimum Gasteiger partial charge on any atom is -0.431 e. The van der Waals surface area contributed by atoms with Crippen molar-refractivity contribution in [3.8, 4) is 10.9 Å². The molecule has 2 aromatic heterocycles. The lowest BCUT2D eigenvalue weighted by atomic mass is 10.2. The third-order valence-corrected chi connectivity index (χ3v) is 6.18. The van der Waals surface area contributed by atoms with Crippen molar-refractivity contribution in [2.24, 2.45) is 5.73 Å². The number of likely N-dealkylation sites (tertiary alicyclic amines) is 2. The van der Waals surface area contributed by atoms with Crippen LogP contribution in [0.2, 0.25) is 0 Å². The molecule has 4 heterocycles. The van der Waals surface area contributed by atoms with Crippen LogP contribution in [0.5, 0.6) is 10.9 Å². The predicted octanol–water partition coefficient (Wildman–Crippen LogP) is 2.82. The zero-order chi connectivity index (χ0) is 18.4. The number of piperazine rings is 1. The second kappa shape index (κ2) is 6.47. The van der Waals surface area contributed by atoms with Gasteiger partial charge in [0.05, 0.1) is 4.70 Å². The number of amides is 2. The number of primary amides is 1. The first-order valence-electron chi connectivity index (χ1n) is 8.94. The van der Waals surface area contributed by atoms with E-state index in [-0.39, 0.29) is 12.1 Å². The summed E-state index contributed by atoms with van der Waals surface area (Å²) >= 11 is 1.49. The summed E-state index contributed by atoms with van der Waals surface area (Å²) in [6.45, 7) is 2.51. The Morgan fingerprint density at radius 2 is 2.07 bits per heavy atom. The van der Waals surface area contributed by atoms with E-state index in [2.05, 4.69) is 27.0 Å². The Morgan fingerprint density at radius 3 is 2.78 bits per heavy atom. The summed E-state index contributed by atoms with van der Waals surface area (Å²) in [6, 6.07) is 12.4. The largest absolute Gasteiger partial charge is 0.431 e. The number of carbonyl (C=O) groups excluding carboxylic acids is 1. The van der Waals surface area contributed by atoms with Crippen molar-refractivity contribution in [1.82, 2.24) is 19.8 Å². The summed E-state index contributed by atoms with van der Waals surface area (Å²) in [4.78, 5) is 24.3. The highest BCUT2D eigenvalue weighted by Crippen LogP contribution is 2.33. The molecule has 7 nitrogen and oxygen atoms in total. The minimum atomic E-state index is -0.298. The van der Waals surface area contributed by atoms with E-state index < -0.39 is 0 Å². The molecule has 0 spiro atoms. The summed E-state index contributed by atoms with van der Waals surface area (Å²) in [7, 11) is 0. The number of nitrogens with two attached hydrogens (primary N) is 1. The van der Waals surface area contributed by atoms with Gasteiger partial charge < -0.3 is 15.4 Å². The Balaban J connectivity index is 1.23. The average Bonchev–Trinajstić information content (AvgIpc) is 3.36. The molecule has 0 saturated carbocycles. The van der Waals surface area contributed by atoms with Crippen LogP contribution in [0.1, 0.15) is 12.0 Å². The van der Waals surface area contributed by atoms with Gasteiger partial charge in [-0.1, -0.05) is 23.5 Å². The van der Waals surface area contributed by atoms with Crippen molar-refractivity contribution in [3.63, 3.8) is 0 Å². The van der Waals surface area contributed by atoms with Crippen LogP contribution in [-0.2, 0) is 6.54 Å². The zero-order valence-electron chi connectivity index (χ0n) is 14.6. The maximum absolute atomic E-state index is 11.4. The van der Waals surface area contributed by atoms with Crippen molar-refractivity contribution in [1.29, 1.82) is 0 Å². The molecule has 2 aliphatic rings. The highest BCUT2D eigenvalue weighted by molar-refractivity contribution is 7.20. The SMILES string of the molecule is NC(=O)N1C[C@H]2CC1CN2Cc1ccc(Oc2nc3ncccc3s2)cc1. The molecule has 0 radical (unpaired) electrons. The molecule has 2 bridgehead atoms. The molecule has 2 atom stereocenters. The average molecular weight is 381 g/mol. The number of hydrogen-bond donors (Lipinski definition) is 1. The number of ether oxygens (including phenoxy) is 1. The molecule has 2 fully saturated rings. The van der Waals surface area contributed by atoms with E-state index >= 15 is 0 Å². The molecule has 1 aromatic carbocycles. The summed E-state index contributed by atoms with van der Waals surface area (Å²) in [6.07, 6.45) is 2.75. The van der Waals surface area contributed by atoms with Gasteiger partial charge in [0.15, 0.2) is 5.65 Å². The number of rotatable bonds is 4. The molecular formula is C19H19N5O2S. The van der Waals surface area contributed by atoms with E-state index in [1.54, 1.807) is 11.1 Å². The molecule has 2 saturated heterocycles. The molecule has 2 amide bonds. The normalized spacial score (nSPS) is 21.9. The number of nitrogens with zero attached hydrogens (tertiary/aromatic N) is 4. The smallest absolute Gasteiger partial charge is 0.315 e. The second-order valence-corrected chi connectivity index (χ2v) is 8.01. The maximum Gasteiger partial charge on any atom is 0.315 e. The molecule has 27 heavy (non-hydrogen) atoms. The van der Waals surface area contributed by atoms with Crippen molar-refractivity contribution in [2.45, 2.75) is 25.0 Å². The van der Waals surface area contributed by atoms with Crippen LogP contribution in [0.3, 0.4) is 0 Å². The Morgan fingerprint density at radius 1 is 1.22 bits per heavy atom. The summed E-state index contributed by atoms with van der Waals surface area (Å²) in [5, 5.41) is 0.597. The number of aromatic nitrogens is 2. The lowest BCUT2D eigenvalue weighted by Crippen LogP contribution is -2.50. The first-order valence-corrected chi connectivity index (χ1v) is 9.76. The number of pyridine rings is 1. The van der Waals surface area contributed by atoms with E-state index in [0.717, 1.165) is 36.5 Å². The summed E-state index contributed by atoms with van der Waals surface area (Å²) in [5.41, 5.74) is 7.37. The van der Waals surface area contributed by atoms with Crippen molar-refractivity contribution < 1.29 is 9.53 Å². The highest BCUT2D eigenvalue weighted by atomic mass is 32.1. The van der Waals surface area contributed by atoms with Gasteiger partial charge in [0, 0.05) is 37.9 Å². The number of benzene rings is 1. The van der Waals surface area contributed by atoms with Gasteiger partial charge in [-0.25, -0.2) is 9.78 Å². The lowest BCUT2D eigenvalue weighted by molar-refractivity contribution is 0.137. The predicted molar refractivity (Wildman–Crippen MR) is 103 cm³/mol. The molecule has 2 aliphatic heterocycles. The van der Waals surface area contributed by atoms with Crippen molar-refractivity contribution >= 4 is 27.7 Å². The molecule has 1 unspecified atom stereocenters. The van der Waals surface area contributed by atoms with Crippen LogP contribution in [-0.4, -0.2) is 51.0 Å². The number of thiazole rings is 1. The Kier molecular flexibility index (Phi) is 3.95. The summed E-state index contributed by atoms with van der Waals surface area (Å²) in [5.74, 6) is 0.764. The van der Waals surface area contributed by atoms with Gasteiger partial charge in [-0.05, 0) is 36.2 Å². The lowest BCUT2D eigenvalue weighted by Gasteiger charge is -2.33. The van der Waals surface area contributed by atoms with Gasteiger partial charge in [0.2, 0.25) is 0 Å². The van der Waals surface area contributed by atoms with Gasteiger partial charge in [0.1, 0.15) is 5.75 Å². The number of hydrogen-bond acceptors (Lipinski definition) is 6. The van der Waals surface area contributed by atoms with Crippen LogP contribution in [0.4, 0.5) is 4.79 Å².